The Kier molecular flexibility index (Phi) is 4.67. The lowest BCUT2D eigenvalue weighted by Crippen LogP contribution is -2.13. The third-order valence-corrected chi connectivity index (χ3v) is 6.52. The van der Waals surface area contributed by atoms with Crippen molar-refractivity contribution in [2.45, 2.75) is 24.0 Å². The highest BCUT2D eigenvalue weighted by Crippen LogP contribution is 2.24. The Bertz CT molecular complexity index is 1250. The largest absolute Gasteiger partial charge is 0.451 e. The van der Waals surface area contributed by atoms with Gasteiger partial charge in [-0.25, -0.2) is 8.42 Å². The first-order valence-electron chi connectivity index (χ1n) is 8.82. The van der Waals surface area contributed by atoms with Gasteiger partial charge in [-0.2, -0.15) is 0 Å². The number of sulfone groups is 1. The fraction of sp³-hybridized carbons (Fsp3) is 0.150. The first-order chi connectivity index (χ1) is 13.8. The number of fused-ring (bicyclic) bond motifs is 1. The number of para-hydroxylation sites is 1. The molecule has 2 heterocycles. The summed E-state index contributed by atoms with van der Waals surface area (Å²) in [6.07, 6.45) is 0. The van der Waals surface area contributed by atoms with Crippen molar-refractivity contribution in [3.05, 3.63) is 60.4 Å². The predicted molar refractivity (Wildman–Crippen MR) is 106 cm³/mol. The predicted octanol–water partition coefficient (Wildman–Crippen LogP) is 3.92. The maximum Gasteiger partial charge on any atom is 0.322 e. The SMILES string of the molecule is CC(C)S(=O)(=O)c1ccc(-c2nnc(NC(=O)c3cc4ccccc4o3)o2)cc1. The monoisotopic (exact) mass is 411 g/mol. The summed E-state index contributed by atoms with van der Waals surface area (Å²) >= 11 is 0. The topological polar surface area (TPSA) is 115 Å². The van der Waals surface area contributed by atoms with Crippen LogP contribution in [0.25, 0.3) is 22.4 Å². The number of carbonyl (C=O) groups excluding carboxylic acids is 1. The third-order valence-electron chi connectivity index (χ3n) is 4.35. The van der Waals surface area contributed by atoms with Gasteiger partial charge in [0.1, 0.15) is 5.58 Å². The molecule has 148 valence electrons. The van der Waals surface area contributed by atoms with E-state index in [4.69, 9.17) is 8.83 Å². The van der Waals surface area contributed by atoms with Crippen molar-refractivity contribution in [3.63, 3.8) is 0 Å². The van der Waals surface area contributed by atoms with E-state index in [0.29, 0.717) is 11.1 Å². The van der Waals surface area contributed by atoms with Crippen molar-refractivity contribution in [3.8, 4) is 11.5 Å². The summed E-state index contributed by atoms with van der Waals surface area (Å²) in [6, 6.07) is 14.9. The lowest BCUT2D eigenvalue weighted by atomic mass is 10.2. The van der Waals surface area contributed by atoms with Gasteiger partial charge in [0.2, 0.25) is 5.89 Å². The molecule has 8 nitrogen and oxygen atoms in total. The second kappa shape index (κ2) is 7.17. The van der Waals surface area contributed by atoms with Gasteiger partial charge in [-0.3, -0.25) is 10.1 Å². The summed E-state index contributed by atoms with van der Waals surface area (Å²) in [6.45, 7) is 3.25. The molecule has 29 heavy (non-hydrogen) atoms. The van der Waals surface area contributed by atoms with Crippen molar-refractivity contribution < 1.29 is 22.0 Å². The van der Waals surface area contributed by atoms with Crippen molar-refractivity contribution in [2.24, 2.45) is 0 Å². The van der Waals surface area contributed by atoms with E-state index in [-0.39, 0.29) is 22.6 Å². The second-order valence-electron chi connectivity index (χ2n) is 6.63. The van der Waals surface area contributed by atoms with Crippen LogP contribution < -0.4 is 5.32 Å². The number of nitrogens with zero attached hydrogens (tertiary/aromatic N) is 2. The minimum Gasteiger partial charge on any atom is -0.451 e. The van der Waals surface area contributed by atoms with E-state index in [2.05, 4.69) is 15.5 Å². The van der Waals surface area contributed by atoms with Gasteiger partial charge in [-0.15, -0.1) is 5.10 Å². The van der Waals surface area contributed by atoms with E-state index >= 15 is 0 Å². The molecule has 0 aliphatic carbocycles. The molecule has 9 heteroatoms. The normalized spacial score (nSPS) is 11.8. The van der Waals surface area contributed by atoms with Gasteiger partial charge in [0.25, 0.3) is 5.91 Å². The number of benzene rings is 2. The lowest BCUT2D eigenvalue weighted by Gasteiger charge is -2.07. The number of amides is 1. The van der Waals surface area contributed by atoms with Gasteiger partial charge in [0.15, 0.2) is 15.6 Å². The number of rotatable bonds is 5. The Hall–Kier alpha value is -3.46. The average Bonchev–Trinajstić information content (AvgIpc) is 3.35. The van der Waals surface area contributed by atoms with Crippen LogP contribution in [0.3, 0.4) is 0 Å². The standard InChI is InChI=1S/C20H17N3O5S/c1-12(2)29(25,26)15-9-7-13(8-10-15)19-22-23-20(28-19)21-18(24)17-11-14-5-3-4-6-16(14)27-17/h3-12H,1-2H3,(H,21,23,24). The molecule has 1 N–H and O–H groups in total. The fourth-order valence-corrected chi connectivity index (χ4v) is 3.76. The first kappa shape index (κ1) is 18.9. The Balaban J connectivity index is 1.51. The Labute approximate surface area is 166 Å². The highest BCUT2D eigenvalue weighted by molar-refractivity contribution is 7.92. The first-order valence-corrected chi connectivity index (χ1v) is 10.4. The van der Waals surface area contributed by atoms with Gasteiger partial charge >= 0.3 is 6.01 Å². The van der Waals surface area contributed by atoms with Crippen LogP contribution in [0.5, 0.6) is 0 Å². The van der Waals surface area contributed by atoms with Crippen LogP contribution in [-0.2, 0) is 9.84 Å². The van der Waals surface area contributed by atoms with Crippen LogP contribution in [0.1, 0.15) is 24.4 Å². The maximum absolute atomic E-state index is 12.3. The van der Waals surface area contributed by atoms with Crippen LogP contribution in [0.4, 0.5) is 6.01 Å². The molecule has 0 aliphatic rings. The van der Waals surface area contributed by atoms with E-state index < -0.39 is 21.0 Å². The molecule has 2 aromatic carbocycles. The number of hydrogen-bond acceptors (Lipinski definition) is 7. The van der Waals surface area contributed by atoms with E-state index in [1.54, 1.807) is 38.1 Å². The molecular weight excluding hydrogens is 394 g/mol. The lowest BCUT2D eigenvalue weighted by molar-refractivity contribution is 0.0996. The molecule has 0 radical (unpaired) electrons. The molecule has 0 unspecified atom stereocenters. The van der Waals surface area contributed by atoms with Crippen LogP contribution >= 0.6 is 0 Å². The van der Waals surface area contributed by atoms with Gasteiger partial charge < -0.3 is 8.83 Å². The minimum absolute atomic E-state index is 0.0932. The van der Waals surface area contributed by atoms with E-state index in [9.17, 15) is 13.2 Å². The minimum atomic E-state index is -3.36. The summed E-state index contributed by atoms with van der Waals surface area (Å²) in [5.74, 6) is -0.248. The van der Waals surface area contributed by atoms with Crippen molar-refractivity contribution in [1.29, 1.82) is 0 Å². The third kappa shape index (κ3) is 3.64. The fourth-order valence-electron chi connectivity index (χ4n) is 2.70. The van der Waals surface area contributed by atoms with Gasteiger partial charge in [0, 0.05) is 10.9 Å². The van der Waals surface area contributed by atoms with Crippen LogP contribution in [0, 0.1) is 0 Å². The molecule has 4 aromatic rings. The molecule has 4 rings (SSSR count). The van der Waals surface area contributed by atoms with Crippen LogP contribution in [0.15, 0.2) is 68.3 Å². The molecule has 0 spiro atoms. The highest BCUT2D eigenvalue weighted by atomic mass is 32.2. The van der Waals surface area contributed by atoms with Crippen molar-refractivity contribution in [1.82, 2.24) is 10.2 Å². The Morgan fingerprint density at radius 1 is 1.00 bits per heavy atom. The van der Waals surface area contributed by atoms with Crippen molar-refractivity contribution in [2.75, 3.05) is 5.32 Å². The molecular formula is C20H17N3O5S. The average molecular weight is 411 g/mol. The zero-order valence-corrected chi connectivity index (χ0v) is 16.4. The number of hydrogen-bond donors (Lipinski definition) is 1. The number of anilines is 1. The number of nitrogens with one attached hydrogen (secondary N) is 1. The molecule has 0 fully saturated rings. The summed E-state index contributed by atoms with van der Waals surface area (Å²) in [4.78, 5) is 12.6. The molecule has 0 bridgehead atoms. The zero-order chi connectivity index (χ0) is 20.6. The molecule has 1 amide bonds. The maximum atomic E-state index is 12.3. The van der Waals surface area contributed by atoms with Crippen LogP contribution in [0.2, 0.25) is 0 Å². The zero-order valence-electron chi connectivity index (χ0n) is 15.6. The molecule has 0 atom stereocenters. The van der Waals surface area contributed by atoms with E-state index in [1.807, 2.05) is 18.2 Å². The van der Waals surface area contributed by atoms with Crippen LogP contribution in [-0.4, -0.2) is 29.8 Å². The summed E-state index contributed by atoms with van der Waals surface area (Å²) in [5.41, 5.74) is 1.13. The number of carbonyl (C=O) groups is 1. The van der Waals surface area contributed by atoms with Gasteiger partial charge in [-0.05, 0) is 50.2 Å². The quantitative estimate of drug-likeness (QED) is 0.529. The van der Waals surface area contributed by atoms with Crippen molar-refractivity contribution >= 4 is 32.7 Å². The molecule has 0 saturated carbocycles. The summed E-state index contributed by atoms with van der Waals surface area (Å²) in [7, 11) is -3.36. The van der Waals surface area contributed by atoms with E-state index in [0.717, 1.165) is 5.39 Å². The Morgan fingerprint density at radius 3 is 2.41 bits per heavy atom. The van der Waals surface area contributed by atoms with E-state index in [1.165, 1.54) is 12.1 Å². The molecule has 0 saturated heterocycles. The van der Waals surface area contributed by atoms with Gasteiger partial charge in [-0.1, -0.05) is 23.3 Å². The highest BCUT2D eigenvalue weighted by Gasteiger charge is 2.20. The number of furan rings is 1. The molecule has 2 aromatic heterocycles. The Morgan fingerprint density at radius 2 is 1.72 bits per heavy atom. The molecule has 0 aliphatic heterocycles. The number of aromatic nitrogens is 2. The summed E-state index contributed by atoms with van der Waals surface area (Å²) in [5, 5.41) is 10.5. The smallest absolute Gasteiger partial charge is 0.322 e. The summed E-state index contributed by atoms with van der Waals surface area (Å²) < 4.78 is 35.4. The van der Waals surface area contributed by atoms with Gasteiger partial charge in [0.05, 0.1) is 10.1 Å². The second-order valence-corrected chi connectivity index (χ2v) is 9.14.